The van der Waals surface area contributed by atoms with Gasteiger partial charge in [-0.3, -0.25) is 9.89 Å². The van der Waals surface area contributed by atoms with Gasteiger partial charge in [0.25, 0.3) is 0 Å². The predicted molar refractivity (Wildman–Crippen MR) is 109 cm³/mol. The third-order valence-electron chi connectivity index (χ3n) is 5.20. The Morgan fingerprint density at radius 1 is 1.36 bits per heavy atom. The van der Waals surface area contributed by atoms with Gasteiger partial charge >= 0.3 is 0 Å². The van der Waals surface area contributed by atoms with Crippen molar-refractivity contribution in [3.63, 3.8) is 0 Å². The van der Waals surface area contributed by atoms with Crippen molar-refractivity contribution < 1.29 is 4.79 Å². The Morgan fingerprint density at radius 3 is 2.82 bits per heavy atom. The van der Waals surface area contributed by atoms with E-state index >= 15 is 0 Å². The van der Waals surface area contributed by atoms with Crippen molar-refractivity contribution in [2.75, 3.05) is 39.0 Å². The molecule has 0 saturated carbocycles. The minimum absolute atomic E-state index is 0.202. The quantitative estimate of drug-likeness (QED) is 0.709. The standard InChI is InChI=1S/C20H27N7O/c1-14-11-18(24-23-14)22-20-17-5-4-8-27(17)12-16(21-20)15-6-9-26(10-7-15)19(28)13-25(2)3/h4-5,8,11-12,15H,6-7,9-10,13H2,1-3H3,(H2,21,22,23,24). The molecule has 3 aromatic rings. The lowest BCUT2D eigenvalue weighted by Gasteiger charge is -2.32. The number of hydrogen-bond acceptors (Lipinski definition) is 5. The van der Waals surface area contributed by atoms with Crippen LogP contribution in [0.2, 0.25) is 0 Å². The van der Waals surface area contributed by atoms with Crippen molar-refractivity contribution in [2.45, 2.75) is 25.7 Å². The maximum atomic E-state index is 12.3. The summed E-state index contributed by atoms with van der Waals surface area (Å²) in [6, 6.07) is 6.02. The van der Waals surface area contributed by atoms with Crippen molar-refractivity contribution in [3.05, 3.63) is 42.0 Å². The maximum Gasteiger partial charge on any atom is 0.236 e. The molecule has 2 N–H and O–H groups in total. The Labute approximate surface area is 164 Å². The molecule has 8 heteroatoms. The number of amides is 1. The van der Waals surface area contributed by atoms with Crippen molar-refractivity contribution in [1.29, 1.82) is 0 Å². The van der Waals surface area contributed by atoms with E-state index in [4.69, 9.17) is 4.98 Å². The summed E-state index contributed by atoms with van der Waals surface area (Å²) in [5, 5.41) is 10.6. The number of fused-ring (bicyclic) bond motifs is 1. The second-order valence-corrected chi connectivity index (χ2v) is 7.77. The monoisotopic (exact) mass is 381 g/mol. The van der Waals surface area contributed by atoms with Crippen molar-refractivity contribution in [2.24, 2.45) is 0 Å². The van der Waals surface area contributed by atoms with Gasteiger partial charge in [-0.1, -0.05) is 0 Å². The smallest absolute Gasteiger partial charge is 0.236 e. The largest absolute Gasteiger partial charge is 0.342 e. The van der Waals surface area contributed by atoms with Gasteiger partial charge in [-0.05, 0) is 46.0 Å². The number of carbonyl (C=O) groups excluding carboxylic acids is 1. The number of hydrogen-bond donors (Lipinski definition) is 2. The number of piperidine rings is 1. The van der Waals surface area contributed by atoms with E-state index in [9.17, 15) is 4.79 Å². The molecule has 0 aliphatic carbocycles. The summed E-state index contributed by atoms with van der Waals surface area (Å²) in [7, 11) is 3.85. The molecule has 1 aliphatic heterocycles. The molecule has 0 spiro atoms. The van der Waals surface area contributed by atoms with E-state index in [0.717, 1.165) is 54.5 Å². The van der Waals surface area contributed by atoms with Gasteiger partial charge < -0.3 is 19.5 Å². The Bertz CT molecular complexity index is 966. The molecule has 1 amide bonds. The molecule has 0 bridgehead atoms. The van der Waals surface area contributed by atoms with Gasteiger partial charge in [-0.2, -0.15) is 5.10 Å². The van der Waals surface area contributed by atoms with Crippen molar-refractivity contribution >= 4 is 23.1 Å². The Balaban J connectivity index is 1.52. The summed E-state index contributed by atoms with van der Waals surface area (Å²) in [6.07, 6.45) is 6.01. The molecular formula is C20H27N7O. The molecule has 0 atom stereocenters. The minimum Gasteiger partial charge on any atom is -0.342 e. The first-order valence-corrected chi connectivity index (χ1v) is 9.69. The second-order valence-electron chi connectivity index (χ2n) is 7.77. The van der Waals surface area contributed by atoms with Crippen LogP contribution in [0.1, 0.15) is 30.1 Å². The van der Waals surface area contributed by atoms with Gasteiger partial charge in [0.2, 0.25) is 5.91 Å². The molecule has 1 fully saturated rings. The number of likely N-dealkylation sites (N-methyl/N-ethyl adjacent to an activating group) is 1. The summed E-state index contributed by atoms with van der Waals surface area (Å²) < 4.78 is 2.10. The number of anilines is 2. The molecule has 1 aliphatic rings. The van der Waals surface area contributed by atoms with Crippen molar-refractivity contribution in [3.8, 4) is 0 Å². The number of H-pyrrole nitrogens is 1. The highest BCUT2D eigenvalue weighted by molar-refractivity contribution is 5.78. The van der Waals surface area contributed by atoms with E-state index in [1.165, 1.54) is 0 Å². The van der Waals surface area contributed by atoms with Crippen LogP contribution in [0.15, 0.2) is 30.6 Å². The SMILES string of the molecule is Cc1cc(Nc2nc(C3CCN(C(=O)CN(C)C)CC3)cn3cccc23)n[nH]1. The topological polar surface area (TPSA) is 81.6 Å². The van der Waals surface area contributed by atoms with Crippen LogP contribution in [-0.4, -0.2) is 69.0 Å². The molecule has 0 radical (unpaired) electrons. The first kappa shape index (κ1) is 18.5. The number of rotatable bonds is 5. The number of nitrogens with zero attached hydrogens (tertiary/aromatic N) is 5. The third kappa shape index (κ3) is 3.87. The van der Waals surface area contributed by atoms with Crippen LogP contribution in [0.25, 0.3) is 5.52 Å². The molecule has 148 valence electrons. The van der Waals surface area contributed by atoms with Crippen LogP contribution in [0.3, 0.4) is 0 Å². The molecule has 4 rings (SSSR count). The Morgan fingerprint density at radius 2 is 2.14 bits per heavy atom. The van der Waals surface area contributed by atoms with Crippen LogP contribution in [0.4, 0.5) is 11.6 Å². The van der Waals surface area contributed by atoms with Gasteiger partial charge in [0.1, 0.15) is 0 Å². The van der Waals surface area contributed by atoms with E-state index in [1.807, 2.05) is 55.2 Å². The number of nitrogens with one attached hydrogen (secondary N) is 2. The maximum absolute atomic E-state index is 12.3. The molecule has 4 heterocycles. The highest BCUT2D eigenvalue weighted by atomic mass is 16.2. The van der Waals surface area contributed by atoms with Gasteiger partial charge in [-0.15, -0.1) is 0 Å². The normalized spacial score (nSPS) is 15.5. The fourth-order valence-corrected chi connectivity index (χ4v) is 3.75. The zero-order chi connectivity index (χ0) is 19.7. The molecule has 1 saturated heterocycles. The third-order valence-corrected chi connectivity index (χ3v) is 5.20. The van der Waals surface area contributed by atoms with E-state index in [1.54, 1.807) is 0 Å². The summed E-state index contributed by atoms with van der Waals surface area (Å²) >= 11 is 0. The number of aryl methyl sites for hydroxylation is 1. The van der Waals surface area contributed by atoms with E-state index in [0.29, 0.717) is 12.5 Å². The lowest BCUT2D eigenvalue weighted by molar-refractivity contribution is -0.132. The second kappa shape index (κ2) is 7.63. The van der Waals surface area contributed by atoms with Crippen LogP contribution >= 0.6 is 0 Å². The number of carbonyl (C=O) groups is 1. The van der Waals surface area contributed by atoms with Gasteiger partial charge in [-0.25, -0.2) is 4.98 Å². The average Bonchev–Trinajstić information content (AvgIpc) is 3.30. The van der Waals surface area contributed by atoms with Gasteiger partial charge in [0, 0.05) is 43.2 Å². The van der Waals surface area contributed by atoms with E-state index in [2.05, 4.69) is 26.1 Å². The highest BCUT2D eigenvalue weighted by Gasteiger charge is 2.25. The van der Waals surface area contributed by atoms with Gasteiger partial charge in [0.05, 0.1) is 17.8 Å². The number of aromatic nitrogens is 4. The first-order valence-electron chi connectivity index (χ1n) is 9.69. The van der Waals surface area contributed by atoms with Crippen LogP contribution in [-0.2, 0) is 4.79 Å². The predicted octanol–water partition coefficient (Wildman–Crippen LogP) is 2.38. The number of aromatic amines is 1. The average molecular weight is 381 g/mol. The Kier molecular flexibility index (Phi) is 5.04. The lowest BCUT2D eigenvalue weighted by Crippen LogP contribution is -2.42. The lowest BCUT2D eigenvalue weighted by atomic mass is 9.93. The zero-order valence-electron chi connectivity index (χ0n) is 16.6. The van der Waals surface area contributed by atoms with Crippen LogP contribution in [0, 0.1) is 6.92 Å². The summed E-state index contributed by atoms with van der Waals surface area (Å²) in [4.78, 5) is 21.1. The first-order chi connectivity index (χ1) is 13.5. The number of likely N-dealkylation sites (tertiary alicyclic amines) is 1. The van der Waals surface area contributed by atoms with E-state index < -0.39 is 0 Å². The van der Waals surface area contributed by atoms with Crippen LogP contribution in [0.5, 0.6) is 0 Å². The molecular weight excluding hydrogens is 354 g/mol. The zero-order valence-corrected chi connectivity index (χ0v) is 16.6. The fourth-order valence-electron chi connectivity index (χ4n) is 3.75. The minimum atomic E-state index is 0.202. The fraction of sp³-hybridized carbons (Fsp3) is 0.450. The van der Waals surface area contributed by atoms with Crippen molar-refractivity contribution in [1.82, 2.24) is 29.4 Å². The molecule has 8 nitrogen and oxygen atoms in total. The molecule has 0 aromatic carbocycles. The highest BCUT2D eigenvalue weighted by Crippen LogP contribution is 2.30. The molecule has 0 unspecified atom stereocenters. The van der Waals surface area contributed by atoms with Crippen LogP contribution < -0.4 is 5.32 Å². The molecule has 28 heavy (non-hydrogen) atoms. The summed E-state index contributed by atoms with van der Waals surface area (Å²) in [6.45, 7) is 4.00. The summed E-state index contributed by atoms with van der Waals surface area (Å²) in [5.41, 5.74) is 3.07. The summed E-state index contributed by atoms with van der Waals surface area (Å²) in [5.74, 6) is 2.11. The van der Waals surface area contributed by atoms with Gasteiger partial charge in [0.15, 0.2) is 11.6 Å². The van der Waals surface area contributed by atoms with E-state index in [-0.39, 0.29) is 5.91 Å². The molecule has 3 aromatic heterocycles. The Hall–Kier alpha value is -2.87.